The van der Waals surface area contributed by atoms with E-state index in [2.05, 4.69) is 5.32 Å². The molecule has 0 bridgehead atoms. The lowest BCUT2D eigenvalue weighted by Crippen LogP contribution is -2.39. The van der Waals surface area contributed by atoms with Gasteiger partial charge in [-0.05, 0) is 26.0 Å². The minimum Gasteiger partial charge on any atom is -0.481 e. The molecule has 2 N–H and O–H groups in total. The Morgan fingerprint density at radius 2 is 2.00 bits per heavy atom. The normalized spacial score (nSPS) is 13.9. The number of hydrogen-bond donors (Lipinski definition) is 2. The van der Waals surface area contributed by atoms with Crippen LogP contribution in [0.2, 0.25) is 0 Å². The van der Waals surface area contributed by atoms with Crippen molar-refractivity contribution in [3.05, 3.63) is 30.3 Å². The highest BCUT2D eigenvalue weighted by atomic mass is 16.5. The van der Waals surface area contributed by atoms with E-state index in [9.17, 15) is 4.79 Å². The summed E-state index contributed by atoms with van der Waals surface area (Å²) in [4.78, 5) is 11.5. The summed E-state index contributed by atoms with van der Waals surface area (Å²) in [5.74, 6) is 0.423. The number of ether oxygens (including phenoxy) is 1. The maximum absolute atomic E-state index is 11.5. The van der Waals surface area contributed by atoms with Gasteiger partial charge in [0.15, 0.2) is 6.10 Å². The Hall–Kier alpha value is -1.55. The van der Waals surface area contributed by atoms with Gasteiger partial charge < -0.3 is 15.2 Å². The fraction of sp³-hybridized carbons (Fsp3) is 0.417. The van der Waals surface area contributed by atoms with Gasteiger partial charge in [-0.2, -0.15) is 0 Å². The molecule has 0 saturated carbocycles. The molecule has 0 saturated heterocycles. The van der Waals surface area contributed by atoms with E-state index in [1.54, 1.807) is 26.0 Å². The highest BCUT2D eigenvalue weighted by Gasteiger charge is 2.14. The topological polar surface area (TPSA) is 58.6 Å². The van der Waals surface area contributed by atoms with Gasteiger partial charge in [-0.3, -0.25) is 4.79 Å². The van der Waals surface area contributed by atoms with Crippen molar-refractivity contribution in [3.63, 3.8) is 0 Å². The van der Waals surface area contributed by atoms with E-state index in [0.29, 0.717) is 5.75 Å². The van der Waals surface area contributed by atoms with Crippen LogP contribution in [-0.2, 0) is 4.79 Å². The molecule has 4 heteroatoms. The van der Waals surface area contributed by atoms with Crippen molar-refractivity contribution in [2.75, 3.05) is 6.54 Å². The molecule has 0 aliphatic rings. The molecule has 0 spiro atoms. The van der Waals surface area contributed by atoms with Crippen LogP contribution in [0.4, 0.5) is 0 Å². The second-order valence-electron chi connectivity index (χ2n) is 3.67. The molecule has 0 radical (unpaired) electrons. The van der Waals surface area contributed by atoms with Crippen molar-refractivity contribution in [3.8, 4) is 5.75 Å². The number of carbonyl (C=O) groups excluding carboxylic acids is 1. The number of hydrogen-bond acceptors (Lipinski definition) is 3. The predicted molar refractivity (Wildman–Crippen MR) is 61.2 cm³/mol. The number of nitrogens with one attached hydrogen (secondary N) is 1. The lowest BCUT2D eigenvalue weighted by molar-refractivity contribution is -0.127. The summed E-state index contributed by atoms with van der Waals surface area (Å²) < 4.78 is 5.41. The van der Waals surface area contributed by atoms with Crippen LogP contribution in [0.5, 0.6) is 5.75 Å². The Balaban J connectivity index is 2.40. The lowest BCUT2D eigenvalue weighted by atomic mass is 10.3. The number of carbonyl (C=O) groups is 1. The van der Waals surface area contributed by atoms with Gasteiger partial charge in [0.05, 0.1) is 6.10 Å². The standard InChI is InChI=1S/C12H17NO3/c1-9(14)8-13-12(15)10(2)16-11-6-4-3-5-7-11/h3-7,9-10,14H,8H2,1-2H3,(H,13,15)/t9-,10?/m0/s1. The SMILES string of the molecule is CC(Oc1ccccc1)C(=O)NC[C@H](C)O. The van der Waals surface area contributed by atoms with Crippen molar-refractivity contribution in [2.24, 2.45) is 0 Å². The van der Waals surface area contributed by atoms with Gasteiger partial charge in [0.25, 0.3) is 5.91 Å². The van der Waals surface area contributed by atoms with Crippen LogP contribution in [-0.4, -0.2) is 29.8 Å². The molecule has 2 atom stereocenters. The molecule has 0 heterocycles. The average molecular weight is 223 g/mol. The highest BCUT2D eigenvalue weighted by Crippen LogP contribution is 2.10. The van der Waals surface area contributed by atoms with Gasteiger partial charge in [-0.15, -0.1) is 0 Å². The fourth-order valence-corrected chi connectivity index (χ4v) is 1.15. The van der Waals surface area contributed by atoms with E-state index in [4.69, 9.17) is 9.84 Å². The summed E-state index contributed by atoms with van der Waals surface area (Å²) >= 11 is 0. The molecule has 1 rings (SSSR count). The first-order valence-electron chi connectivity index (χ1n) is 5.27. The number of rotatable bonds is 5. The van der Waals surface area contributed by atoms with Crippen LogP contribution in [0, 0.1) is 0 Å². The maximum atomic E-state index is 11.5. The Labute approximate surface area is 95.2 Å². The summed E-state index contributed by atoms with van der Waals surface area (Å²) in [7, 11) is 0. The summed E-state index contributed by atoms with van der Waals surface area (Å²) in [6.07, 6.45) is -1.12. The molecular formula is C12H17NO3. The minimum absolute atomic E-state index is 0.232. The third kappa shape index (κ3) is 4.31. The van der Waals surface area contributed by atoms with Crippen LogP contribution in [0.1, 0.15) is 13.8 Å². The van der Waals surface area contributed by atoms with Gasteiger partial charge >= 0.3 is 0 Å². The molecule has 0 aliphatic heterocycles. The van der Waals surface area contributed by atoms with Gasteiger partial charge in [0.1, 0.15) is 5.75 Å². The zero-order valence-corrected chi connectivity index (χ0v) is 9.51. The van der Waals surface area contributed by atoms with Crippen molar-refractivity contribution in [2.45, 2.75) is 26.1 Å². The van der Waals surface area contributed by atoms with Crippen LogP contribution in [0.25, 0.3) is 0 Å². The van der Waals surface area contributed by atoms with Crippen molar-refractivity contribution < 1.29 is 14.6 Å². The Bertz CT molecular complexity index is 324. The molecule has 1 aromatic carbocycles. The monoisotopic (exact) mass is 223 g/mol. The smallest absolute Gasteiger partial charge is 0.260 e. The number of para-hydroxylation sites is 1. The summed E-state index contributed by atoms with van der Waals surface area (Å²) in [6, 6.07) is 9.15. The van der Waals surface area contributed by atoms with Gasteiger partial charge in [0.2, 0.25) is 0 Å². The molecule has 0 aliphatic carbocycles. The molecular weight excluding hydrogens is 206 g/mol. The second-order valence-corrected chi connectivity index (χ2v) is 3.67. The number of amides is 1. The lowest BCUT2D eigenvalue weighted by Gasteiger charge is -2.15. The van der Waals surface area contributed by atoms with E-state index in [-0.39, 0.29) is 12.5 Å². The molecule has 1 amide bonds. The number of aliphatic hydroxyl groups is 1. The van der Waals surface area contributed by atoms with Crippen LogP contribution < -0.4 is 10.1 Å². The molecule has 88 valence electrons. The maximum Gasteiger partial charge on any atom is 0.260 e. The van der Waals surface area contributed by atoms with Gasteiger partial charge in [-0.25, -0.2) is 0 Å². The molecule has 1 aromatic rings. The zero-order chi connectivity index (χ0) is 12.0. The number of benzene rings is 1. The van der Waals surface area contributed by atoms with E-state index in [0.717, 1.165) is 0 Å². The van der Waals surface area contributed by atoms with Crippen LogP contribution >= 0.6 is 0 Å². The van der Waals surface area contributed by atoms with Gasteiger partial charge in [0, 0.05) is 6.54 Å². The van der Waals surface area contributed by atoms with Crippen LogP contribution in [0.3, 0.4) is 0 Å². The summed E-state index contributed by atoms with van der Waals surface area (Å²) in [5.41, 5.74) is 0. The van der Waals surface area contributed by atoms with Crippen LogP contribution in [0.15, 0.2) is 30.3 Å². The first-order valence-corrected chi connectivity index (χ1v) is 5.27. The first-order chi connectivity index (χ1) is 7.59. The average Bonchev–Trinajstić information content (AvgIpc) is 2.27. The largest absolute Gasteiger partial charge is 0.481 e. The van der Waals surface area contributed by atoms with E-state index >= 15 is 0 Å². The highest BCUT2D eigenvalue weighted by molar-refractivity contribution is 5.80. The predicted octanol–water partition coefficient (Wildman–Crippen LogP) is 0.951. The fourth-order valence-electron chi connectivity index (χ4n) is 1.15. The van der Waals surface area contributed by atoms with Crippen molar-refractivity contribution in [1.82, 2.24) is 5.32 Å². The van der Waals surface area contributed by atoms with Gasteiger partial charge in [-0.1, -0.05) is 18.2 Å². The van der Waals surface area contributed by atoms with Crippen molar-refractivity contribution >= 4 is 5.91 Å². The van der Waals surface area contributed by atoms with E-state index in [1.165, 1.54) is 0 Å². The Morgan fingerprint density at radius 3 is 2.56 bits per heavy atom. The third-order valence-corrected chi connectivity index (χ3v) is 2.00. The first kappa shape index (κ1) is 12.5. The molecule has 1 unspecified atom stereocenters. The van der Waals surface area contributed by atoms with E-state index in [1.807, 2.05) is 18.2 Å². The molecule has 0 aromatic heterocycles. The summed E-state index contributed by atoms with van der Waals surface area (Å²) in [6.45, 7) is 3.52. The zero-order valence-electron chi connectivity index (χ0n) is 9.51. The molecule has 16 heavy (non-hydrogen) atoms. The number of aliphatic hydroxyl groups excluding tert-OH is 1. The van der Waals surface area contributed by atoms with Crippen molar-refractivity contribution in [1.29, 1.82) is 0 Å². The Morgan fingerprint density at radius 1 is 1.38 bits per heavy atom. The second kappa shape index (κ2) is 6.12. The summed E-state index contributed by atoms with van der Waals surface area (Å²) in [5, 5.41) is 11.6. The third-order valence-electron chi connectivity index (χ3n) is 2.00. The molecule has 4 nitrogen and oxygen atoms in total. The quantitative estimate of drug-likeness (QED) is 0.781. The molecule has 0 fully saturated rings. The Kier molecular flexibility index (Phi) is 4.79. The van der Waals surface area contributed by atoms with E-state index < -0.39 is 12.2 Å². The minimum atomic E-state index is -0.568.